The van der Waals surface area contributed by atoms with Gasteiger partial charge in [-0.25, -0.2) is 9.86 Å². The van der Waals surface area contributed by atoms with E-state index in [0.29, 0.717) is 18.4 Å². The summed E-state index contributed by atoms with van der Waals surface area (Å²) in [6, 6.07) is -0.602. The molecule has 4 fully saturated rings. The van der Waals surface area contributed by atoms with Crippen LogP contribution in [0.15, 0.2) is 4.42 Å². The van der Waals surface area contributed by atoms with Gasteiger partial charge in [-0.2, -0.15) is 0 Å². The minimum absolute atomic E-state index is 0.0843. The third-order valence-electron chi connectivity index (χ3n) is 5.78. The van der Waals surface area contributed by atoms with Crippen molar-refractivity contribution in [2.75, 3.05) is 6.54 Å². The highest BCUT2D eigenvalue weighted by atomic mass is 16.5. The Bertz CT molecular complexity index is 593. The van der Waals surface area contributed by atoms with Crippen LogP contribution >= 0.6 is 0 Å². The molecule has 0 aromatic carbocycles. The summed E-state index contributed by atoms with van der Waals surface area (Å²) in [4.78, 5) is 13.6. The lowest BCUT2D eigenvalue weighted by Gasteiger charge is -2.27. The summed E-state index contributed by atoms with van der Waals surface area (Å²) in [5.41, 5.74) is 0. The van der Waals surface area contributed by atoms with Crippen LogP contribution in [0.3, 0.4) is 0 Å². The number of carbonyl (C=O) groups excluding carboxylic acids is 1. The molecular weight excluding hydrogens is 272 g/mol. The van der Waals surface area contributed by atoms with Crippen LogP contribution in [0.25, 0.3) is 0 Å². The van der Waals surface area contributed by atoms with Crippen LogP contribution in [0.2, 0.25) is 0 Å². The zero-order valence-corrected chi connectivity index (χ0v) is 11.7. The number of hydrogen-bond acceptors (Lipinski definition) is 5. The summed E-state index contributed by atoms with van der Waals surface area (Å²) < 4.78 is 5.90. The van der Waals surface area contributed by atoms with Gasteiger partial charge in [0.1, 0.15) is 6.04 Å². The fourth-order valence-electron chi connectivity index (χ4n) is 4.61. The Morgan fingerprint density at radius 2 is 1.86 bits per heavy atom. The second kappa shape index (κ2) is 3.97. The van der Waals surface area contributed by atoms with Crippen LogP contribution < -0.4 is 0 Å². The Morgan fingerprint density at radius 3 is 2.67 bits per heavy atom. The van der Waals surface area contributed by atoms with E-state index in [1.54, 1.807) is 4.90 Å². The lowest BCUT2D eigenvalue weighted by Crippen LogP contribution is -2.34. The highest BCUT2D eigenvalue weighted by Gasteiger charge is 2.56. The van der Waals surface area contributed by atoms with Crippen LogP contribution in [0.5, 0.6) is 0 Å². The average molecular weight is 290 g/mol. The Hall–Kier alpha value is -1.63. The van der Waals surface area contributed by atoms with Crippen LogP contribution in [0.4, 0.5) is 4.79 Å². The van der Waals surface area contributed by atoms with E-state index >= 15 is 0 Å². The van der Waals surface area contributed by atoms with Crippen molar-refractivity contribution in [3.63, 3.8) is 0 Å². The van der Waals surface area contributed by atoms with Crippen molar-refractivity contribution in [2.45, 2.75) is 50.1 Å². The molecule has 2 amide bonds. The summed E-state index contributed by atoms with van der Waals surface area (Å²) in [7, 11) is 0. The summed E-state index contributed by atoms with van der Waals surface area (Å²) in [5.74, 6) is 3.25. The van der Waals surface area contributed by atoms with E-state index in [4.69, 9.17) is 4.42 Å². The Kier molecular flexibility index (Phi) is 2.26. The van der Waals surface area contributed by atoms with Gasteiger partial charge >= 0.3 is 6.03 Å². The number of nitrogens with zero attached hydrogens (tertiary/aromatic N) is 4. The Labute approximate surface area is 121 Å². The third kappa shape index (κ3) is 1.55. The molecule has 0 spiro atoms. The summed E-state index contributed by atoms with van der Waals surface area (Å²) >= 11 is 0. The van der Waals surface area contributed by atoms with E-state index in [2.05, 4.69) is 10.2 Å². The van der Waals surface area contributed by atoms with Gasteiger partial charge in [0.05, 0.1) is 6.04 Å². The van der Waals surface area contributed by atoms with Crippen LogP contribution in [0, 0.1) is 11.8 Å². The van der Waals surface area contributed by atoms with Crippen molar-refractivity contribution in [3.8, 4) is 0 Å². The molecule has 7 nitrogen and oxygen atoms in total. The smallest absolute Gasteiger partial charge is 0.344 e. The van der Waals surface area contributed by atoms with Crippen LogP contribution in [-0.2, 0) is 0 Å². The van der Waals surface area contributed by atoms with Gasteiger partial charge in [-0.3, -0.25) is 5.21 Å². The first-order valence-corrected chi connectivity index (χ1v) is 7.86. The van der Waals surface area contributed by atoms with E-state index in [9.17, 15) is 10.0 Å². The van der Waals surface area contributed by atoms with Gasteiger partial charge in [-0.05, 0) is 37.5 Å². The molecule has 2 aliphatic heterocycles. The van der Waals surface area contributed by atoms with Gasteiger partial charge in [0.15, 0.2) is 0 Å². The molecule has 21 heavy (non-hydrogen) atoms. The van der Waals surface area contributed by atoms with Gasteiger partial charge in [0.25, 0.3) is 0 Å². The lowest BCUT2D eigenvalue weighted by atomic mass is 10.0. The molecule has 112 valence electrons. The average Bonchev–Trinajstić information content (AvgIpc) is 2.94. The summed E-state index contributed by atoms with van der Waals surface area (Å²) in [5, 5.41) is 19.0. The quantitative estimate of drug-likeness (QED) is 0.841. The molecule has 2 bridgehead atoms. The minimum atomic E-state index is -0.342. The van der Waals surface area contributed by atoms with Gasteiger partial charge in [-0.15, -0.1) is 10.2 Å². The number of aromatic nitrogens is 2. The SMILES string of the molecule is O=C1N(O)[C@@H]2CC[C@@H](c3nnc(C4[C@H]5CCC[C@@H]45)o3)N1C2. The van der Waals surface area contributed by atoms with Gasteiger partial charge in [-0.1, -0.05) is 6.42 Å². The maximum Gasteiger partial charge on any atom is 0.344 e. The topological polar surface area (TPSA) is 82.7 Å². The number of hydroxylamine groups is 2. The molecule has 4 aliphatic rings. The maximum atomic E-state index is 12.0. The van der Waals surface area contributed by atoms with Crippen LogP contribution in [-0.4, -0.2) is 44.0 Å². The second-order valence-electron chi connectivity index (χ2n) is 6.79. The first-order chi connectivity index (χ1) is 10.2. The second-order valence-corrected chi connectivity index (χ2v) is 6.79. The highest BCUT2D eigenvalue weighted by Crippen LogP contribution is 2.62. The van der Waals surface area contributed by atoms with Crippen molar-refractivity contribution >= 4 is 6.03 Å². The van der Waals surface area contributed by atoms with E-state index in [-0.39, 0.29) is 18.1 Å². The van der Waals surface area contributed by atoms with Gasteiger partial charge in [0.2, 0.25) is 11.8 Å². The molecule has 5 atom stereocenters. The molecule has 2 aliphatic carbocycles. The molecular formula is C14H18N4O3. The molecule has 5 rings (SSSR count). The van der Waals surface area contributed by atoms with Crippen molar-refractivity contribution in [1.82, 2.24) is 20.2 Å². The van der Waals surface area contributed by atoms with E-state index in [1.165, 1.54) is 19.3 Å². The van der Waals surface area contributed by atoms with Gasteiger partial charge < -0.3 is 9.32 Å². The van der Waals surface area contributed by atoms with E-state index in [1.807, 2.05) is 0 Å². The first kappa shape index (κ1) is 12.0. The first-order valence-electron chi connectivity index (χ1n) is 7.86. The predicted molar refractivity (Wildman–Crippen MR) is 69.4 cm³/mol. The molecule has 2 saturated heterocycles. The molecule has 0 radical (unpaired) electrons. The highest BCUT2D eigenvalue weighted by molar-refractivity contribution is 5.76. The number of carbonyl (C=O) groups is 1. The van der Waals surface area contributed by atoms with Gasteiger partial charge in [0, 0.05) is 12.5 Å². The predicted octanol–water partition coefficient (Wildman–Crippen LogP) is 1.91. The number of amides is 2. The number of fused-ring (bicyclic) bond motifs is 3. The van der Waals surface area contributed by atoms with E-state index < -0.39 is 0 Å². The third-order valence-corrected chi connectivity index (χ3v) is 5.78. The standard InChI is InChI=1S/C14H18N4O3/c19-14-17-6-7(18(14)20)4-5-10(17)12-15-16-13(21-12)11-8-2-1-3-9(8)11/h7-11,20H,1-6H2/t7-,8-,9+,10+,11?/m1/s1. The normalized spacial score (nSPS) is 40.8. The zero-order valence-electron chi connectivity index (χ0n) is 11.7. The number of urea groups is 1. The van der Waals surface area contributed by atoms with Crippen LogP contribution in [0.1, 0.15) is 55.8 Å². The zero-order chi connectivity index (χ0) is 14.1. The number of hydrogen-bond donors (Lipinski definition) is 1. The monoisotopic (exact) mass is 290 g/mol. The molecule has 1 N–H and O–H groups in total. The fraction of sp³-hybridized carbons (Fsp3) is 0.786. The van der Waals surface area contributed by atoms with Crippen molar-refractivity contribution < 1.29 is 14.4 Å². The van der Waals surface area contributed by atoms with Crippen molar-refractivity contribution in [1.29, 1.82) is 0 Å². The Morgan fingerprint density at radius 1 is 1.10 bits per heavy atom. The molecule has 1 aromatic rings. The van der Waals surface area contributed by atoms with E-state index in [0.717, 1.165) is 35.6 Å². The number of piperidine rings is 1. The van der Waals surface area contributed by atoms with Crippen molar-refractivity contribution in [2.24, 2.45) is 11.8 Å². The molecule has 3 heterocycles. The minimum Gasteiger partial charge on any atom is -0.423 e. The molecule has 1 aromatic heterocycles. The summed E-state index contributed by atoms with van der Waals surface area (Å²) in [6.07, 6.45) is 5.43. The fourth-order valence-corrected chi connectivity index (χ4v) is 4.61. The molecule has 1 unspecified atom stereocenters. The summed E-state index contributed by atoms with van der Waals surface area (Å²) in [6.45, 7) is 0.548. The largest absolute Gasteiger partial charge is 0.423 e. The lowest BCUT2D eigenvalue weighted by molar-refractivity contribution is -0.0584. The molecule has 7 heteroatoms. The Balaban J connectivity index is 1.39. The maximum absolute atomic E-state index is 12.0. The molecule has 2 saturated carbocycles. The number of rotatable bonds is 2. The van der Waals surface area contributed by atoms with Crippen molar-refractivity contribution in [3.05, 3.63) is 11.8 Å².